The highest BCUT2D eigenvalue weighted by atomic mass is 19.4. The van der Waals surface area contributed by atoms with E-state index in [1.54, 1.807) is 6.07 Å². The van der Waals surface area contributed by atoms with E-state index in [0.717, 1.165) is 56.6 Å². The molecule has 2 aliphatic rings. The monoisotopic (exact) mass is 511 g/mol. The molecule has 0 unspecified atom stereocenters. The van der Waals surface area contributed by atoms with Gasteiger partial charge in [0.05, 0.1) is 26.2 Å². The Morgan fingerprint density at radius 1 is 1.19 bits per heavy atom. The van der Waals surface area contributed by atoms with Crippen LogP contribution in [0.1, 0.15) is 42.7 Å². The van der Waals surface area contributed by atoms with E-state index >= 15 is 0 Å². The number of Topliss-reactive ketones (excluding diaryl/α,β-unsaturated/α-hetero) is 1. The van der Waals surface area contributed by atoms with Crippen molar-refractivity contribution in [3.05, 3.63) is 35.2 Å². The van der Waals surface area contributed by atoms with Crippen LogP contribution in [0.5, 0.6) is 11.8 Å². The molecule has 36 heavy (non-hydrogen) atoms. The van der Waals surface area contributed by atoms with Gasteiger partial charge in [-0.2, -0.15) is 13.2 Å². The number of fused-ring (bicyclic) bond motifs is 1. The zero-order valence-corrected chi connectivity index (χ0v) is 20.4. The first-order chi connectivity index (χ1) is 17.3. The van der Waals surface area contributed by atoms with Crippen LogP contribution < -0.4 is 9.47 Å². The molecule has 4 rings (SSSR count). The van der Waals surface area contributed by atoms with Crippen LogP contribution in [-0.2, 0) is 28.8 Å². The molecule has 0 radical (unpaired) electrons. The lowest BCUT2D eigenvalue weighted by Crippen LogP contribution is -2.33. The summed E-state index contributed by atoms with van der Waals surface area (Å²) in [5.74, 6) is 1.21. The summed E-state index contributed by atoms with van der Waals surface area (Å²) in [6.45, 7) is 1.78. The Labute approximate surface area is 208 Å². The largest absolute Gasteiger partial charge is 0.479 e. The summed E-state index contributed by atoms with van der Waals surface area (Å²) in [5.41, 5.74) is 1.87. The number of alkyl halides is 3. The van der Waals surface area contributed by atoms with Crippen molar-refractivity contribution < 1.29 is 36.7 Å². The molecule has 1 saturated heterocycles. The number of pyridine rings is 1. The lowest BCUT2D eigenvalue weighted by Gasteiger charge is -2.30. The standard InChI is InChI=1S/C25H32F3N3O5/c1-33-24-14-21(36-30-24)13-19(32)12-17-2-4-20(34-15-17)7-10-31-9-6-18-3-5-23(29-22(18)8-11-31)35-16-25(26,27)28/h3,5,14,17,20H,2,4,6-13,15-16H2,1H3/t17-,20-/m1/s1. The topological polar surface area (TPSA) is 86.9 Å². The number of ketones is 1. The number of rotatable bonds is 10. The number of nitrogens with zero attached hydrogens (tertiary/aromatic N) is 3. The molecule has 0 amide bonds. The molecule has 11 heteroatoms. The van der Waals surface area contributed by atoms with Gasteiger partial charge in [-0.15, -0.1) is 0 Å². The summed E-state index contributed by atoms with van der Waals surface area (Å²) in [4.78, 5) is 19.0. The number of ether oxygens (including phenoxy) is 3. The number of hydrogen-bond donors (Lipinski definition) is 0. The number of hydrogen-bond acceptors (Lipinski definition) is 8. The van der Waals surface area contributed by atoms with E-state index in [0.29, 0.717) is 31.1 Å². The Hall–Kier alpha value is -2.66. The number of carbonyl (C=O) groups is 1. The van der Waals surface area contributed by atoms with Crippen LogP contribution in [0.4, 0.5) is 13.2 Å². The first kappa shape index (κ1) is 26.4. The average molecular weight is 512 g/mol. The first-order valence-electron chi connectivity index (χ1n) is 12.3. The van der Waals surface area contributed by atoms with E-state index in [1.165, 1.54) is 13.2 Å². The van der Waals surface area contributed by atoms with Crippen LogP contribution in [0.3, 0.4) is 0 Å². The van der Waals surface area contributed by atoms with Gasteiger partial charge in [-0.3, -0.25) is 4.79 Å². The van der Waals surface area contributed by atoms with Gasteiger partial charge in [0, 0.05) is 50.3 Å². The summed E-state index contributed by atoms with van der Waals surface area (Å²) >= 11 is 0. The third-order valence-electron chi connectivity index (χ3n) is 6.65. The zero-order valence-electron chi connectivity index (χ0n) is 20.4. The minimum absolute atomic E-state index is 0.0173. The van der Waals surface area contributed by atoms with Gasteiger partial charge < -0.3 is 23.6 Å². The molecule has 2 aliphatic heterocycles. The fourth-order valence-corrected chi connectivity index (χ4v) is 4.71. The Bertz CT molecular complexity index is 1010. The maximum absolute atomic E-state index is 12.4. The van der Waals surface area contributed by atoms with Gasteiger partial charge in [-0.1, -0.05) is 6.07 Å². The van der Waals surface area contributed by atoms with Crippen molar-refractivity contribution in [2.24, 2.45) is 5.92 Å². The highest BCUT2D eigenvalue weighted by molar-refractivity contribution is 5.80. The van der Waals surface area contributed by atoms with E-state index in [-0.39, 0.29) is 30.1 Å². The molecule has 0 spiro atoms. The summed E-state index contributed by atoms with van der Waals surface area (Å²) in [6, 6.07) is 4.96. The molecule has 8 nitrogen and oxygen atoms in total. The Kier molecular flexibility index (Phi) is 8.84. The van der Waals surface area contributed by atoms with Crippen molar-refractivity contribution in [3.8, 4) is 11.8 Å². The van der Waals surface area contributed by atoms with Gasteiger partial charge in [0.25, 0.3) is 5.88 Å². The first-order valence-corrected chi connectivity index (χ1v) is 12.3. The summed E-state index contributed by atoms with van der Waals surface area (Å²) < 4.78 is 58.2. The molecule has 4 heterocycles. The van der Waals surface area contributed by atoms with Crippen molar-refractivity contribution in [3.63, 3.8) is 0 Å². The van der Waals surface area contributed by atoms with E-state index in [1.807, 2.05) is 6.07 Å². The maximum atomic E-state index is 12.4. The molecule has 0 aliphatic carbocycles. The summed E-state index contributed by atoms with van der Waals surface area (Å²) in [5, 5.41) is 3.72. The molecule has 0 aromatic carbocycles. The third-order valence-corrected chi connectivity index (χ3v) is 6.65. The van der Waals surface area contributed by atoms with E-state index in [2.05, 4.69) is 15.0 Å². The van der Waals surface area contributed by atoms with Gasteiger partial charge >= 0.3 is 6.18 Å². The molecule has 2 aromatic heterocycles. The van der Waals surface area contributed by atoms with Crippen LogP contribution in [-0.4, -0.2) is 73.1 Å². The van der Waals surface area contributed by atoms with Gasteiger partial charge in [0.1, 0.15) is 11.5 Å². The molecular weight excluding hydrogens is 479 g/mol. The third kappa shape index (κ3) is 7.92. The zero-order chi connectivity index (χ0) is 25.5. The van der Waals surface area contributed by atoms with Crippen LogP contribution in [0, 0.1) is 5.92 Å². The van der Waals surface area contributed by atoms with Crippen molar-refractivity contribution in [2.75, 3.05) is 40.0 Å². The number of carbonyl (C=O) groups excluding carboxylic acids is 1. The molecule has 2 aromatic rings. The van der Waals surface area contributed by atoms with Gasteiger partial charge in [-0.25, -0.2) is 4.98 Å². The molecule has 198 valence electrons. The summed E-state index contributed by atoms with van der Waals surface area (Å²) in [7, 11) is 1.50. The Balaban J connectivity index is 1.15. The molecule has 0 N–H and O–H groups in total. The fourth-order valence-electron chi connectivity index (χ4n) is 4.71. The van der Waals surface area contributed by atoms with Crippen molar-refractivity contribution in [1.29, 1.82) is 0 Å². The second-order valence-electron chi connectivity index (χ2n) is 9.44. The fraction of sp³-hybridized carbons (Fsp3) is 0.640. The highest BCUT2D eigenvalue weighted by Crippen LogP contribution is 2.26. The highest BCUT2D eigenvalue weighted by Gasteiger charge is 2.29. The normalized spacial score (nSPS) is 21.0. The van der Waals surface area contributed by atoms with Gasteiger partial charge in [0.2, 0.25) is 5.88 Å². The molecular formula is C25H32F3N3O5. The number of aromatic nitrogens is 2. The van der Waals surface area contributed by atoms with Crippen LogP contribution >= 0.6 is 0 Å². The molecule has 1 fully saturated rings. The van der Waals surface area contributed by atoms with E-state index < -0.39 is 12.8 Å². The predicted octanol–water partition coefficient (Wildman–Crippen LogP) is 3.81. The van der Waals surface area contributed by atoms with Crippen molar-refractivity contribution in [1.82, 2.24) is 15.0 Å². The molecule has 2 atom stereocenters. The van der Waals surface area contributed by atoms with Crippen molar-refractivity contribution in [2.45, 2.75) is 57.2 Å². The SMILES string of the molecule is COc1cc(CC(=O)C[C@H]2CC[C@H](CCN3CCc4ccc(OCC(F)(F)F)nc4CC3)OC2)on1. The Morgan fingerprint density at radius 2 is 2.03 bits per heavy atom. The molecule has 0 bridgehead atoms. The van der Waals surface area contributed by atoms with Crippen LogP contribution in [0.2, 0.25) is 0 Å². The lowest BCUT2D eigenvalue weighted by atomic mass is 9.91. The second kappa shape index (κ2) is 12.1. The quantitative estimate of drug-likeness (QED) is 0.476. The van der Waals surface area contributed by atoms with E-state index in [9.17, 15) is 18.0 Å². The predicted molar refractivity (Wildman–Crippen MR) is 123 cm³/mol. The Morgan fingerprint density at radius 3 is 2.75 bits per heavy atom. The summed E-state index contributed by atoms with van der Waals surface area (Å²) in [6.07, 6.45) is 0.702. The smallest absolute Gasteiger partial charge is 0.422 e. The second-order valence-corrected chi connectivity index (χ2v) is 9.44. The lowest BCUT2D eigenvalue weighted by molar-refractivity contribution is -0.154. The van der Waals surface area contributed by atoms with Crippen molar-refractivity contribution >= 4 is 5.78 Å². The minimum atomic E-state index is -4.38. The minimum Gasteiger partial charge on any atom is -0.479 e. The number of halogens is 3. The van der Waals surface area contributed by atoms with Gasteiger partial charge in [0.15, 0.2) is 6.61 Å². The molecule has 0 saturated carbocycles. The van der Waals surface area contributed by atoms with Gasteiger partial charge in [-0.05, 0) is 42.3 Å². The number of methoxy groups -OCH3 is 1. The van der Waals surface area contributed by atoms with E-state index in [4.69, 9.17) is 18.7 Å². The maximum Gasteiger partial charge on any atom is 0.422 e. The van der Waals surface area contributed by atoms with Crippen LogP contribution in [0.25, 0.3) is 0 Å². The van der Waals surface area contributed by atoms with Crippen LogP contribution in [0.15, 0.2) is 22.7 Å². The average Bonchev–Trinajstić information content (AvgIpc) is 3.20.